The van der Waals surface area contributed by atoms with Crippen LogP contribution in [0.25, 0.3) is 11.4 Å². The van der Waals surface area contributed by atoms with Gasteiger partial charge < -0.3 is 24.6 Å². The van der Waals surface area contributed by atoms with E-state index >= 15 is 0 Å². The first kappa shape index (κ1) is 22.0. The third-order valence-electron chi connectivity index (χ3n) is 5.20. The maximum atomic E-state index is 9.23. The van der Waals surface area contributed by atoms with Crippen molar-refractivity contribution in [2.75, 3.05) is 67.7 Å². The molecule has 4 rings (SSSR count). The fourth-order valence-corrected chi connectivity index (χ4v) is 3.42. The van der Waals surface area contributed by atoms with Gasteiger partial charge in [0.1, 0.15) is 23.9 Å². The molecule has 0 atom stereocenters. The Morgan fingerprint density at radius 2 is 1.27 bits per heavy atom. The highest BCUT2D eigenvalue weighted by molar-refractivity contribution is 5.65. The van der Waals surface area contributed by atoms with Crippen molar-refractivity contribution in [2.45, 2.75) is 0 Å². The van der Waals surface area contributed by atoms with Crippen LogP contribution in [-0.4, -0.2) is 67.6 Å². The van der Waals surface area contributed by atoms with Gasteiger partial charge in [0.25, 0.3) is 0 Å². The number of hydrogen-bond acceptors (Lipinski definition) is 11. The molecule has 0 bridgehead atoms. The molecule has 2 saturated heterocycles. The second-order valence-electron chi connectivity index (χ2n) is 7.25. The second kappa shape index (κ2) is 10.4. The molecule has 0 aliphatic carbocycles. The maximum Gasteiger partial charge on any atom is 0.230 e. The zero-order valence-electron chi connectivity index (χ0n) is 17.9. The molecule has 0 unspecified atom stereocenters. The number of hydrogen-bond donors (Lipinski definition) is 1. The summed E-state index contributed by atoms with van der Waals surface area (Å²) in [5.41, 5.74) is 0.964. The molecule has 2 aliphatic heterocycles. The van der Waals surface area contributed by atoms with E-state index in [1.165, 1.54) is 0 Å². The van der Waals surface area contributed by atoms with Crippen molar-refractivity contribution in [1.82, 2.24) is 15.0 Å². The largest absolute Gasteiger partial charge is 0.378 e. The number of rotatable bonds is 5. The minimum Gasteiger partial charge on any atom is -0.378 e. The number of allylic oxidation sites excluding steroid dienone is 2. The average Bonchev–Trinajstić information content (AvgIpc) is 2.90. The molecular weight excluding hydrogens is 422 g/mol. The molecule has 3 heterocycles. The summed E-state index contributed by atoms with van der Waals surface area (Å²) in [5, 5.41) is 30.0. The van der Waals surface area contributed by atoms with Crippen LogP contribution in [0.1, 0.15) is 0 Å². The van der Waals surface area contributed by atoms with Gasteiger partial charge in [-0.05, 0) is 24.3 Å². The van der Waals surface area contributed by atoms with Crippen LogP contribution in [0.5, 0.6) is 0 Å². The first-order valence-corrected chi connectivity index (χ1v) is 10.5. The van der Waals surface area contributed by atoms with Gasteiger partial charge in [-0.1, -0.05) is 0 Å². The van der Waals surface area contributed by atoms with Crippen molar-refractivity contribution in [3.05, 3.63) is 35.5 Å². The quantitative estimate of drug-likeness (QED) is 0.669. The van der Waals surface area contributed by atoms with Gasteiger partial charge in [-0.3, -0.25) is 0 Å². The molecule has 1 aromatic carbocycles. The third kappa shape index (κ3) is 5.16. The minimum atomic E-state index is -0.274. The normalized spacial score (nSPS) is 15.7. The summed E-state index contributed by atoms with van der Waals surface area (Å²) in [5.74, 6) is 1.74. The van der Waals surface area contributed by atoms with Crippen molar-refractivity contribution in [1.29, 1.82) is 15.8 Å². The fourth-order valence-electron chi connectivity index (χ4n) is 3.42. The third-order valence-corrected chi connectivity index (χ3v) is 5.20. The molecule has 1 N–H and O–H groups in total. The van der Waals surface area contributed by atoms with Crippen LogP contribution in [0.3, 0.4) is 0 Å². The van der Waals surface area contributed by atoms with Gasteiger partial charge in [-0.15, -0.1) is 0 Å². The monoisotopic (exact) mass is 443 g/mol. The Balaban J connectivity index is 1.64. The van der Waals surface area contributed by atoms with E-state index in [1.54, 1.807) is 24.3 Å². The molecule has 0 amide bonds. The van der Waals surface area contributed by atoms with Crippen molar-refractivity contribution in [2.24, 2.45) is 0 Å². The number of nitrogens with one attached hydrogen (secondary N) is 1. The van der Waals surface area contributed by atoms with E-state index in [2.05, 4.69) is 15.1 Å². The minimum absolute atomic E-state index is 0.0999. The summed E-state index contributed by atoms with van der Waals surface area (Å²) < 4.78 is 10.9. The molecule has 11 nitrogen and oxygen atoms in total. The molecule has 166 valence electrons. The van der Waals surface area contributed by atoms with Crippen LogP contribution in [-0.2, 0) is 9.47 Å². The summed E-state index contributed by atoms with van der Waals surface area (Å²) in [7, 11) is 0. The van der Waals surface area contributed by atoms with E-state index in [9.17, 15) is 5.26 Å². The predicted octanol–water partition coefficient (Wildman–Crippen LogP) is 1.45. The van der Waals surface area contributed by atoms with E-state index in [0.29, 0.717) is 76.0 Å². The van der Waals surface area contributed by atoms with Gasteiger partial charge in [0.05, 0.1) is 26.4 Å². The lowest BCUT2D eigenvalue weighted by Crippen LogP contribution is -2.40. The number of morpholine rings is 2. The van der Waals surface area contributed by atoms with Gasteiger partial charge in [0, 0.05) is 37.4 Å². The molecule has 0 spiro atoms. The Labute approximate surface area is 191 Å². The maximum absolute atomic E-state index is 9.23. The van der Waals surface area contributed by atoms with Crippen LogP contribution >= 0.6 is 0 Å². The highest BCUT2D eigenvalue weighted by Gasteiger charge is 2.21. The Hall–Kier alpha value is -4.24. The van der Waals surface area contributed by atoms with Crippen LogP contribution in [0.4, 0.5) is 17.6 Å². The number of anilines is 3. The van der Waals surface area contributed by atoms with Crippen LogP contribution in [0.2, 0.25) is 0 Å². The van der Waals surface area contributed by atoms with Gasteiger partial charge in [0.15, 0.2) is 11.4 Å². The topological polar surface area (TPSA) is 147 Å². The molecule has 2 aliphatic rings. The van der Waals surface area contributed by atoms with E-state index in [1.807, 2.05) is 18.2 Å². The Bertz CT molecular complexity index is 1090. The summed E-state index contributed by atoms with van der Waals surface area (Å²) in [6.45, 7) is 5.31. The summed E-state index contributed by atoms with van der Waals surface area (Å²) in [6.07, 6.45) is 0. The van der Waals surface area contributed by atoms with E-state index in [-0.39, 0.29) is 11.3 Å². The van der Waals surface area contributed by atoms with Crippen molar-refractivity contribution < 1.29 is 9.47 Å². The average molecular weight is 443 g/mol. The first-order chi connectivity index (χ1) is 16.2. The van der Waals surface area contributed by atoms with E-state index < -0.39 is 0 Å². The highest BCUT2D eigenvalue weighted by Crippen LogP contribution is 2.24. The SMILES string of the molecule is N#CC(C#N)=C(C#N)Nc1ccc(-c2nc(N3CCOCC3)nc(N3CCOCC3)n2)cc1. The Morgan fingerprint density at radius 3 is 1.73 bits per heavy atom. The molecule has 33 heavy (non-hydrogen) atoms. The summed E-state index contributed by atoms with van der Waals surface area (Å²) in [4.78, 5) is 18.3. The molecule has 2 fully saturated rings. The van der Waals surface area contributed by atoms with Crippen molar-refractivity contribution >= 4 is 17.6 Å². The lowest BCUT2D eigenvalue weighted by atomic mass is 10.2. The highest BCUT2D eigenvalue weighted by atomic mass is 16.5. The lowest BCUT2D eigenvalue weighted by molar-refractivity contribution is 0.121. The molecule has 2 aromatic rings. The van der Waals surface area contributed by atoms with E-state index in [4.69, 9.17) is 34.9 Å². The van der Waals surface area contributed by atoms with Gasteiger partial charge in [0.2, 0.25) is 11.9 Å². The molecule has 0 radical (unpaired) electrons. The molecule has 11 heteroatoms. The fraction of sp³-hybridized carbons (Fsp3) is 0.364. The summed E-state index contributed by atoms with van der Waals surface area (Å²) in [6, 6.07) is 12.4. The van der Waals surface area contributed by atoms with Crippen molar-refractivity contribution in [3.8, 4) is 29.6 Å². The predicted molar refractivity (Wildman–Crippen MR) is 119 cm³/mol. The molecule has 0 saturated carbocycles. The standard InChI is InChI=1S/C22H21N9O2/c23-13-17(14-24)19(15-25)26-18-3-1-16(2-4-18)20-27-21(30-5-9-32-10-6-30)29-22(28-20)31-7-11-33-12-8-31/h1-4,26H,5-12H2. The first-order valence-electron chi connectivity index (χ1n) is 10.5. The molecular formula is C22H21N9O2. The number of nitriles is 3. The number of aromatic nitrogens is 3. The lowest BCUT2D eigenvalue weighted by Gasteiger charge is -2.30. The molecule has 1 aromatic heterocycles. The van der Waals surface area contributed by atoms with E-state index in [0.717, 1.165) is 5.56 Å². The zero-order chi connectivity index (χ0) is 23.0. The van der Waals surface area contributed by atoms with Crippen LogP contribution in [0, 0.1) is 34.0 Å². The van der Waals surface area contributed by atoms with Gasteiger partial charge in [-0.2, -0.15) is 30.7 Å². The number of nitrogens with zero attached hydrogens (tertiary/aromatic N) is 8. The Kier molecular flexibility index (Phi) is 6.91. The smallest absolute Gasteiger partial charge is 0.230 e. The van der Waals surface area contributed by atoms with Crippen LogP contribution in [0.15, 0.2) is 35.5 Å². The van der Waals surface area contributed by atoms with Crippen LogP contribution < -0.4 is 15.1 Å². The number of ether oxygens (including phenoxy) is 2. The van der Waals surface area contributed by atoms with Gasteiger partial charge in [-0.25, -0.2) is 0 Å². The zero-order valence-corrected chi connectivity index (χ0v) is 17.9. The van der Waals surface area contributed by atoms with Gasteiger partial charge >= 0.3 is 0 Å². The Morgan fingerprint density at radius 1 is 0.758 bits per heavy atom. The number of benzene rings is 1. The second-order valence-corrected chi connectivity index (χ2v) is 7.25. The van der Waals surface area contributed by atoms with Crippen molar-refractivity contribution in [3.63, 3.8) is 0 Å². The summed E-state index contributed by atoms with van der Waals surface area (Å²) >= 11 is 0.